The van der Waals surface area contributed by atoms with Gasteiger partial charge in [0, 0.05) is 35.5 Å². The topological polar surface area (TPSA) is 110 Å². The summed E-state index contributed by atoms with van der Waals surface area (Å²) in [5.41, 5.74) is -7.74. The third-order valence-electron chi connectivity index (χ3n) is 9.38. The third-order valence-corrected chi connectivity index (χ3v) is 9.38. The first-order valence-corrected chi connectivity index (χ1v) is 12.5. The molecule has 200 valence electrons. The minimum Gasteiger partial charge on any atom is -0.478 e. The van der Waals surface area contributed by atoms with E-state index < -0.39 is 63.9 Å². The number of aliphatic carboxylic acids is 1. The second kappa shape index (κ2) is 8.10. The van der Waals surface area contributed by atoms with Gasteiger partial charge in [0.1, 0.15) is 5.83 Å². The van der Waals surface area contributed by atoms with Crippen molar-refractivity contribution in [2.45, 2.75) is 84.6 Å². The van der Waals surface area contributed by atoms with E-state index in [0.717, 1.165) is 0 Å². The highest BCUT2D eigenvalue weighted by Crippen LogP contribution is 2.71. The summed E-state index contributed by atoms with van der Waals surface area (Å²) in [4.78, 5) is 37.6. The van der Waals surface area contributed by atoms with Crippen molar-refractivity contribution in [1.82, 2.24) is 0 Å². The van der Waals surface area contributed by atoms with Crippen LogP contribution in [-0.2, 0) is 19.1 Å². The number of carboxylic acid groups (broad SMARTS) is 1. The number of hydrogen-bond donors (Lipinski definition) is 2. The molecule has 36 heavy (non-hydrogen) atoms. The SMILES string of the molecule is C[C@@H]1C[C@H]2[C@@H]3CC(F)=C4CC(=O)C=C[C@]4(C)[C@@]3(F)[C@@H](O)C[C@]2(C)[C@@]1(OC(=O)OCC(C)(C)C)C(=O)O. The fraction of sp³-hybridized carbons (Fsp3) is 0.741. The van der Waals surface area contributed by atoms with Crippen LogP contribution in [0.25, 0.3) is 0 Å². The minimum atomic E-state index is -2.33. The Kier molecular flexibility index (Phi) is 6.02. The van der Waals surface area contributed by atoms with Crippen molar-refractivity contribution in [3.63, 3.8) is 0 Å². The summed E-state index contributed by atoms with van der Waals surface area (Å²) in [6.07, 6.45) is -1.05. The smallest absolute Gasteiger partial charge is 0.478 e. The normalized spacial score (nSPS) is 44.0. The molecule has 7 nitrogen and oxygen atoms in total. The van der Waals surface area contributed by atoms with Crippen molar-refractivity contribution in [2.75, 3.05) is 6.61 Å². The van der Waals surface area contributed by atoms with Gasteiger partial charge < -0.3 is 19.7 Å². The Morgan fingerprint density at radius 2 is 1.86 bits per heavy atom. The van der Waals surface area contributed by atoms with Crippen molar-refractivity contribution in [3.8, 4) is 0 Å². The fourth-order valence-electron chi connectivity index (χ4n) is 7.65. The number of allylic oxidation sites excluding steroid dienone is 4. The van der Waals surface area contributed by atoms with Gasteiger partial charge in [0.25, 0.3) is 0 Å². The standard InChI is InChI=1S/C27H36F2O7/c1-14-9-16-17-11-19(28)18-10-15(30)7-8-24(18,5)26(17,29)20(31)12-25(16,6)27(14,21(32)33)36-22(34)35-13-23(2,3)4/h7-8,14,16-17,20,31H,9-13H2,1-6H3,(H,32,33)/t14-,16+,17+,20+,24+,25+,26+,27+/m1/s1. The molecule has 0 unspecified atom stereocenters. The Hall–Kier alpha value is -2.29. The molecular formula is C27H36F2O7. The number of aliphatic hydroxyl groups is 1. The number of hydrogen-bond acceptors (Lipinski definition) is 6. The van der Waals surface area contributed by atoms with Gasteiger partial charge in [-0.1, -0.05) is 40.7 Å². The molecule has 0 aromatic rings. The number of fused-ring (bicyclic) bond motifs is 5. The van der Waals surface area contributed by atoms with E-state index in [-0.39, 0.29) is 49.1 Å². The van der Waals surface area contributed by atoms with Crippen LogP contribution in [0.3, 0.4) is 0 Å². The molecule has 0 amide bonds. The molecule has 0 spiro atoms. The third kappa shape index (κ3) is 3.41. The Morgan fingerprint density at radius 3 is 2.44 bits per heavy atom. The number of ether oxygens (including phenoxy) is 2. The van der Waals surface area contributed by atoms with Gasteiger partial charge in [-0.15, -0.1) is 0 Å². The lowest BCUT2D eigenvalue weighted by atomic mass is 9.45. The van der Waals surface area contributed by atoms with Crippen molar-refractivity contribution < 1.29 is 42.9 Å². The van der Waals surface area contributed by atoms with Crippen LogP contribution in [0.15, 0.2) is 23.6 Å². The molecule has 2 N–H and O–H groups in total. The molecule has 0 aliphatic heterocycles. The average molecular weight is 511 g/mol. The van der Waals surface area contributed by atoms with Crippen molar-refractivity contribution in [1.29, 1.82) is 0 Å². The lowest BCUT2D eigenvalue weighted by Gasteiger charge is -2.61. The Labute approximate surface area is 209 Å². The summed E-state index contributed by atoms with van der Waals surface area (Å²) in [6, 6.07) is 0. The van der Waals surface area contributed by atoms with Gasteiger partial charge in [-0.25, -0.2) is 18.4 Å². The van der Waals surface area contributed by atoms with Gasteiger partial charge in [-0.3, -0.25) is 4.79 Å². The van der Waals surface area contributed by atoms with Crippen molar-refractivity contribution >= 4 is 17.9 Å². The maximum absolute atomic E-state index is 17.2. The highest BCUT2D eigenvalue weighted by molar-refractivity contribution is 5.93. The van der Waals surface area contributed by atoms with Crippen LogP contribution in [0.1, 0.15) is 67.2 Å². The first-order valence-electron chi connectivity index (χ1n) is 12.5. The van der Waals surface area contributed by atoms with E-state index in [1.54, 1.807) is 13.8 Å². The predicted molar refractivity (Wildman–Crippen MR) is 125 cm³/mol. The van der Waals surface area contributed by atoms with E-state index >= 15 is 8.78 Å². The highest BCUT2D eigenvalue weighted by Gasteiger charge is 2.78. The monoisotopic (exact) mass is 510 g/mol. The molecule has 4 rings (SSSR count). The van der Waals surface area contributed by atoms with Crippen LogP contribution in [0.5, 0.6) is 0 Å². The molecule has 2 saturated carbocycles. The summed E-state index contributed by atoms with van der Waals surface area (Å²) in [5.74, 6) is -4.91. The molecule has 0 saturated heterocycles. The summed E-state index contributed by atoms with van der Waals surface area (Å²) in [6.45, 7) is 10.2. The van der Waals surface area contributed by atoms with Crippen LogP contribution in [0.4, 0.5) is 13.6 Å². The Balaban J connectivity index is 1.78. The quantitative estimate of drug-likeness (QED) is 0.519. The molecule has 0 aromatic heterocycles. The molecule has 0 radical (unpaired) electrons. The molecule has 4 aliphatic rings. The molecule has 0 bridgehead atoms. The lowest BCUT2D eigenvalue weighted by Crippen LogP contribution is -2.69. The molecule has 0 heterocycles. The zero-order valence-corrected chi connectivity index (χ0v) is 21.7. The maximum Gasteiger partial charge on any atom is 0.509 e. The first kappa shape index (κ1) is 26.8. The van der Waals surface area contributed by atoms with E-state index in [1.807, 2.05) is 20.8 Å². The number of ketones is 1. The number of alkyl halides is 1. The van der Waals surface area contributed by atoms with E-state index in [4.69, 9.17) is 9.47 Å². The number of carbonyl (C=O) groups excluding carboxylic acids is 2. The summed E-state index contributed by atoms with van der Waals surface area (Å²) in [5, 5.41) is 21.8. The van der Waals surface area contributed by atoms with Crippen LogP contribution < -0.4 is 0 Å². The second-order valence-electron chi connectivity index (χ2n) is 12.8. The van der Waals surface area contributed by atoms with Gasteiger partial charge in [0.15, 0.2) is 11.5 Å². The Morgan fingerprint density at radius 1 is 1.22 bits per heavy atom. The zero-order chi connectivity index (χ0) is 27.1. The van der Waals surface area contributed by atoms with Gasteiger partial charge >= 0.3 is 12.1 Å². The van der Waals surface area contributed by atoms with Gasteiger partial charge in [-0.2, -0.15) is 0 Å². The summed E-state index contributed by atoms with van der Waals surface area (Å²) in [7, 11) is 0. The van der Waals surface area contributed by atoms with Crippen LogP contribution in [0, 0.1) is 34.0 Å². The first-order chi connectivity index (χ1) is 16.4. The zero-order valence-electron chi connectivity index (χ0n) is 21.7. The molecule has 8 atom stereocenters. The van der Waals surface area contributed by atoms with Gasteiger partial charge in [-0.05, 0) is 42.7 Å². The van der Waals surface area contributed by atoms with Crippen LogP contribution >= 0.6 is 0 Å². The van der Waals surface area contributed by atoms with Crippen molar-refractivity contribution in [3.05, 3.63) is 23.6 Å². The number of halogens is 2. The van der Waals surface area contributed by atoms with Crippen LogP contribution in [-0.4, -0.2) is 52.1 Å². The summed E-state index contributed by atoms with van der Waals surface area (Å²) >= 11 is 0. The minimum absolute atomic E-state index is 0.00289. The average Bonchev–Trinajstić information content (AvgIpc) is 2.97. The number of carboxylic acids is 1. The number of aliphatic hydroxyl groups excluding tert-OH is 1. The number of carbonyl (C=O) groups is 3. The summed E-state index contributed by atoms with van der Waals surface area (Å²) < 4.78 is 43.6. The Bertz CT molecular complexity index is 1060. The molecular weight excluding hydrogens is 474 g/mol. The van der Waals surface area contributed by atoms with E-state index in [0.29, 0.717) is 0 Å². The molecule has 0 aromatic carbocycles. The second-order valence-corrected chi connectivity index (χ2v) is 12.8. The number of rotatable bonds is 3. The van der Waals surface area contributed by atoms with E-state index in [1.165, 1.54) is 19.1 Å². The predicted octanol–water partition coefficient (Wildman–Crippen LogP) is 4.92. The largest absolute Gasteiger partial charge is 0.509 e. The van der Waals surface area contributed by atoms with Gasteiger partial charge in [0.2, 0.25) is 5.60 Å². The molecule has 9 heteroatoms. The molecule has 2 fully saturated rings. The lowest BCUT2D eigenvalue weighted by molar-refractivity contribution is -0.226. The van der Waals surface area contributed by atoms with Crippen LogP contribution in [0.2, 0.25) is 0 Å². The maximum atomic E-state index is 17.2. The van der Waals surface area contributed by atoms with E-state index in [2.05, 4.69) is 0 Å². The highest BCUT2D eigenvalue weighted by atomic mass is 19.1. The van der Waals surface area contributed by atoms with E-state index in [9.17, 15) is 24.6 Å². The van der Waals surface area contributed by atoms with Crippen molar-refractivity contribution in [2.24, 2.45) is 34.0 Å². The fourth-order valence-corrected chi connectivity index (χ4v) is 7.65. The molecule has 4 aliphatic carbocycles. The van der Waals surface area contributed by atoms with Gasteiger partial charge in [0.05, 0.1) is 12.7 Å².